The van der Waals surface area contributed by atoms with Gasteiger partial charge in [-0.15, -0.1) is 10.2 Å². The van der Waals surface area contributed by atoms with Gasteiger partial charge in [0.15, 0.2) is 5.82 Å². The SMILES string of the molecule is C[C@@H](Sc1nnc(-c2ccccc2Cl)n1N)C(=O)N(C)C. The van der Waals surface area contributed by atoms with Crippen molar-refractivity contribution in [3.8, 4) is 11.4 Å². The summed E-state index contributed by atoms with van der Waals surface area (Å²) in [5.41, 5.74) is 0.701. The predicted octanol–water partition coefficient (Wildman–Crippen LogP) is 1.88. The minimum atomic E-state index is -0.300. The molecule has 0 saturated heterocycles. The molecule has 2 rings (SSSR count). The van der Waals surface area contributed by atoms with Crippen LogP contribution in [0, 0.1) is 0 Å². The van der Waals surface area contributed by atoms with Crippen LogP contribution in [0.5, 0.6) is 0 Å². The van der Waals surface area contributed by atoms with E-state index in [9.17, 15) is 4.79 Å². The van der Waals surface area contributed by atoms with Gasteiger partial charge in [-0.2, -0.15) is 0 Å². The van der Waals surface area contributed by atoms with Crippen LogP contribution in [0.3, 0.4) is 0 Å². The Hall–Kier alpha value is -1.73. The van der Waals surface area contributed by atoms with Crippen molar-refractivity contribution in [2.45, 2.75) is 17.3 Å². The molecule has 6 nitrogen and oxygen atoms in total. The molecule has 0 aliphatic carbocycles. The number of carbonyl (C=O) groups excluding carboxylic acids is 1. The van der Waals surface area contributed by atoms with E-state index in [0.29, 0.717) is 21.6 Å². The van der Waals surface area contributed by atoms with Gasteiger partial charge in [0.2, 0.25) is 11.1 Å². The molecule has 2 N–H and O–H groups in total. The third-order valence-electron chi connectivity index (χ3n) is 2.85. The van der Waals surface area contributed by atoms with Gasteiger partial charge in [-0.25, -0.2) is 4.68 Å². The van der Waals surface area contributed by atoms with Crippen LogP contribution in [-0.4, -0.2) is 45.0 Å². The molecule has 0 unspecified atom stereocenters. The van der Waals surface area contributed by atoms with Crippen molar-refractivity contribution in [1.29, 1.82) is 0 Å². The molecule has 21 heavy (non-hydrogen) atoms. The van der Waals surface area contributed by atoms with Gasteiger partial charge >= 0.3 is 0 Å². The Kier molecular flexibility index (Phi) is 4.74. The Labute approximate surface area is 132 Å². The average molecular weight is 326 g/mol. The lowest BCUT2D eigenvalue weighted by Gasteiger charge is -2.15. The van der Waals surface area contributed by atoms with Crippen LogP contribution in [0.1, 0.15) is 6.92 Å². The van der Waals surface area contributed by atoms with Crippen molar-refractivity contribution in [2.24, 2.45) is 0 Å². The molecule has 112 valence electrons. The minimum Gasteiger partial charge on any atom is -0.348 e. The van der Waals surface area contributed by atoms with Crippen LogP contribution in [0.2, 0.25) is 5.02 Å². The lowest BCUT2D eigenvalue weighted by atomic mass is 10.2. The van der Waals surface area contributed by atoms with Crippen LogP contribution < -0.4 is 5.84 Å². The number of hydrogen-bond donors (Lipinski definition) is 1. The van der Waals surface area contributed by atoms with Crippen molar-refractivity contribution in [1.82, 2.24) is 19.8 Å². The number of aromatic nitrogens is 3. The molecule has 1 heterocycles. The van der Waals surface area contributed by atoms with E-state index in [-0.39, 0.29) is 11.2 Å². The summed E-state index contributed by atoms with van der Waals surface area (Å²) in [6, 6.07) is 7.26. The second kappa shape index (κ2) is 6.36. The number of nitrogen functional groups attached to an aromatic ring is 1. The second-order valence-electron chi connectivity index (χ2n) is 4.65. The molecule has 0 radical (unpaired) electrons. The highest BCUT2D eigenvalue weighted by atomic mass is 35.5. The minimum absolute atomic E-state index is 0.0118. The van der Waals surface area contributed by atoms with E-state index in [1.54, 1.807) is 27.1 Å². The molecule has 0 bridgehead atoms. The Morgan fingerprint density at radius 2 is 2.05 bits per heavy atom. The van der Waals surface area contributed by atoms with Crippen molar-refractivity contribution >= 4 is 29.3 Å². The Morgan fingerprint density at radius 3 is 2.67 bits per heavy atom. The second-order valence-corrected chi connectivity index (χ2v) is 6.36. The van der Waals surface area contributed by atoms with Crippen LogP contribution in [0.15, 0.2) is 29.4 Å². The maximum absolute atomic E-state index is 11.9. The molecule has 1 aromatic heterocycles. The largest absolute Gasteiger partial charge is 0.348 e. The van der Waals surface area contributed by atoms with E-state index in [1.165, 1.54) is 21.3 Å². The lowest BCUT2D eigenvalue weighted by Crippen LogP contribution is -2.30. The summed E-state index contributed by atoms with van der Waals surface area (Å²) >= 11 is 7.39. The van der Waals surface area contributed by atoms with Crippen LogP contribution >= 0.6 is 23.4 Å². The molecule has 0 spiro atoms. The molecule has 8 heteroatoms. The maximum atomic E-state index is 11.9. The normalized spacial score (nSPS) is 12.2. The van der Waals surface area contributed by atoms with E-state index in [0.717, 1.165) is 0 Å². The van der Waals surface area contributed by atoms with E-state index in [4.69, 9.17) is 17.4 Å². The summed E-state index contributed by atoms with van der Waals surface area (Å²) in [6.07, 6.45) is 0. The van der Waals surface area contributed by atoms with Gasteiger partial charge in [0.1, 0.15) is 0 Å². The van der Waals surface area contributed by atoms with E-state index >= 15 is 0 Å². The van der Waals surface area contributed by atoms with Crippen molar-refractivity contribution in [3.63, 3.8) is 0 Å². The molecule has 1 amide bonds. The molecular formula is C13H16ClN5OS. The zero-order valence-electron chi connectivity index (χ0n) is 11.9. The standard InChI is InChI=1S/C13H16ClN5OS/c1-8(12(20)18(2)3)21-13-17-16-11(19(13)15)9-6-4-5-7-10(9)14/h4-8H,15H2,1-3H3/t8-/m1/s1. The van der Waals surface area contributed by atoms with E-state index in [1.807, 2.05) is 18.2 Å². The molecule has 0 saturated carbocycles. The molecule has 1 aromatic carbocycles. The number of halogens is 1. The number of rotatable bonds is 4. The average Bonchev–Trinajstić information content (AvgIpc) is 2.80. The quantitative estimate of drug-likeness (QED) is 0.686. The summed E-state index contributed by atoms with van der Waals surface area (Å²) in [5, 5.41) is 8.81. The van der Waals surface area contributed by atoms with Crippen LogP contribution in [0.4, 0.5) is 0 Å². The highest BCUT2D eigenvalue weighted by molar-refractivity contribution is 8.00. The Bertz CT molecular complexity index is 658. The van der Waals surface area contributed by atoms with Gasteiger partial charge in [0.05, 0.1) is 10.3 Å². The number of nitrogens with two attached hydrogens (primary N) is 1. The molecule has 2 aromatic rings. The lowest BCUT2D eigenvalue weighted by molar-refractivity contribution is -0.127. The number of thioether (sulfide) groups is 1. The highest BCUT2D eigenvalue weighted by Gasteiger charge is 2.21. The van der Waals surface area contributed by atoms with Gasteiger partial charge in [-0.1, -0.05) is 35.5 Å². The van der Waals surface area contributed by atoms with Crippen molar-refractivity contribution < 1.29 is 4.79 Å². The summed E-state index contributed by atoms with van der Waals surface area (Å²) in [5.74, 6) is 6.47. The third kappa shape index (κ3) is 3.30. The monoisotopic (exact) mass is 325 g/mol. The smallest absolute Gasteiger partial charge is 0.235 e. The van der Waals surface area contributed by atoms with Gasteiger partial charge in [0, 0.05) is 19.7 Å². The summed E-state index contributed by atoms with van der Waals surface area (Å²) in [6.45, 7) is 1.80. The summed E-state index contributed by atoms with van der Waals surface area (Å²) in [7, 11) is 3.42. The first-order valence-electron chi connectivity index (χ1n) is 6.25. The topological polar surface area (TPSA) is 77.0 Å². The first-order chi connectivity index (χ1) is 9.91. The fourth-order valence-corrected chi connectivity index (χ4v) is 2.89. The molecule has 0 aliphatic rings. The molecule has 0 fully saturated rings. The fraction of sp³-hybridized carbons (Fsp3) is 0.308. The zero-order chi connectivity index (χ0) is 15.6. The van der Waals surface area contributed by atoms with Crippen LogP contribution in [0.25, 0.3) is 11.4 Å². The zero-order valence-corrected chi connectivity index (χ0v) is 13.5. The van der Waals surface area contributed by atoms with Gasteiger partial charge in [-0.05, 0) is 19.1 Å². The van der Waals surface area contributed by atoms with E-state index in [2.05, 4.69) is 10.2 Å². The van der Waals surface area contributed by atoms with Gasteiger partial charge in [0.25, 0.3) is 0 Å². The third-order valence-corrected chi connectivity index (χ3v) is 4.22. The first-order valence-corrected chi connectivity index (χ1v) is 7.50. The molecular weight excluding hydrogens is 310 g/mol. The summed E-state index contributed by atoms with van der Waals surface area (Å²) < 4.78 is 1.35. The van der Waals surface area contributed by atoms with Gasteiger partial charge in [-0.3, -0.25) is 4.79 Å². The molecule has 1 atom stereocenters. The predicted molar refractivity (Wildman–Crippen MR) is 84.6 cm³/mol. The Morgan fingerprint density at radius 1 is 1.38 bits per heavy atom. The van der Waals surface area contributed by atoms with Crippen molar-refractivity contribution in [3.05, 3.63) is 29.3 Å². The number of benzene rings is 1. The molecule has 0 aliphatic heterocycles. The summed E-state index contributed by atoms with van der Waals surface area (Å²) in [4.78, 5) is 13.4. The first kappa shape index (κ1) is 15.7. The van der Waals surface area contributed by atoms with Crippen LogP contribution in [-0.2, 0) is 4.79 Å². The maximum Gasteiger partial charge on any atom is 0.235 e. The number of nitrogens with zero attached hydrogens (tertiary/aromatic N) is 4. The number of carbonyl (C=O) groups is 1. The highest BCUT2D eigenvalue weighted by Crippen LogP contribution is 2.29. The number of hydrogen-bond acceptors (Lipinski definition) is 5. The van der Waals surface area contributed by atoms with E-state index < -0.39 is 0 Å². The van der Waals surface area contributed by atoms with Crippen molar-refractivity contribution in [2.75, 3.05) is 19.9 Å². The Balaban J connectivity index is 2.26. The number of amides is 1. The fourth-order valence-electron chi connectivity index (χ4n) is 1.76. The van der Waals surface area contributed by atoms with Gasteiger partial charge < -0.3 is 10.7 Å².